The highest BCUT2D eigenvalue weighted by Gasteiger charge is 2.20. The first kappa shape index (κ1) is 16.1. The molecule has 7 heteroatoms. The van der Waals surface area contributed by atoms with E-state index >= 15 is 0 Å². The summed E-state index contributed by atoms with van der Waals surface area (Å²) in [4.78, 5) is 0.994. The standard InChI is InChI=1S/C14H17FN2O2S2/c1-10(14-4-3-7-20-14)17-21(18,19)12-5-6-13(15)11(8-12)9-16-2/h3-8,10,16-17H,9H2,1-2H3. The number of sulfonamides is 1. The molecule has 0 saturated carbocycles. The van der Waals surface area contributed by atoms with E-state index in [0.29, 0.717) is 5.56 Å². The lowest BCUT2D eigenvalue weighted by atomic mass is 10.2. The zero-order valence-electron chi connectivity index (χ0n) is 11.8. The number of benzene rings is 1. The largest absolute Gasteiger partial charge is 0.316 e. The average molecular weight is 328 g/mol. The maximum absolute atomic E-state index is 13.6. The quantitative estimate of drug-likeness (QED) is 0.857. The van der Waals surface area contributed by atoms with Crippen molar-refractivity contribution in [3.8, 4) is 0 Å². The molecule has 1 aromatic carbocycles. The minimum atomic E-state index is -3.68. The van der Waals surface area contributed by atoms with Crippen LogP contribution in [-0.2, 0) is 16.6 Å². The van der Waals surface area contributed by atoms with Crippen molar-refractivity contribution in [2.24, 2.45) is 0 Å². The van der Waals surface area contributed by atoms with Crippen LogP contribution < -0.4 is 10.0 Å². The molecule has 1 atom stereocenters. The first-order valence-electron chi connectivity index (χ1n) is 6.43. The summed E-state index contributed by atoms with van der Waals surface area (Å²) in [5, 5.41) is 4.70. The first-order valence-corrected chi connectivity index (χ1v) is 8.79. The normalized spacial score (nSPS) is 13.3. The molecular formula is C14H17FN2O2S2. The Morgan fingerprint density at radius 1 is 1.33 bits per heavy atom. The fraction of sp³-hybridized carbons (Fsp3) is 0.286. The molecule has 4 nitrogen and oxygen atoms in total. The van der Waals surface area contributed by atoms with Gasteiger partial charge in [-0.2, -0.15) is 0 Å². The molecule has 1 heterocycles. The molecule has 0 aliphatic rings. The minimum Gasteiger partial charge on any atom is -0.316 e. The molecular weight excluding hydrogens is 311 g/mol. The van der Waals surface area contributed by atoms with Gasteiger partial charge in [-0.05, 0) is 43.6 Å². The van der Waals surface area contributed by atoms with Crippen LogP contribution in [0.1, 0.15) is 23.4 Å². The maximum Gasteiger partial charge on any atom is 0.241 e. The summed E-state index contributed by atoms with van der Waals surface area (Å²) in [5.74, 6) is -0.422. The Balaban J connectivity index is 2.25. The highest BCUT2D eigenvalue weighted by molar-refractivity contribution is 7.89. The van der Waals surface area contributed by atoms with Crippen molar-refractivity contribution in [3.05, 3.63) is 52.0 Å². The third-order valence-electron chi connectivity index (χ3n) is 3.00. The number of hydrogen-bond acceptors (Lipinski definition) is 4. The average Bonchev–Trinajstić information content (AvgIpc) is 2.95. The Morgan fingerprint density at radius 3 is 2.71 bits per heavy atom. The van der Waals surface area contributed by atoms with Crippen LogP contribution in [0.5, 0.6) is 0 Å². The molecule has 2 aromatic rings. The van der Waals surface area contributed by atoms with Gasteiger partial charge in [0.25, 0.3) is 0 Å². The number of thiophene rings is 1. The lowest BCUT2D eigenvalue weighted by Crippen LogP contribution is -2.26. The highest BCUT2D eigenvalue weighted by atomic mass is 32.2. The Labute approximate surface area is 128 Å². The van der Waals surface area contributed by atoms with Crippen molar-refractivity contribution in [1.82, 2.24) is 10.0 Å². The molecule has 0 aliphatic heterocycles. The molecule has 0 amide bonds. The second-order valence-electron chi connectivity index (χ2n) is 4.64. The van der Waals surface area contributed by atoms with Gasteiger partial charge in [-0.1, -0.05) is 6.07 Å². The van der Waals surface area contributed by atoms with Gasteiger partial charge in [-0.3, -0.25) is 0 Å². The first-order chi connectivity index (χ1) is 9.94. The van der Waals surface area contributed by atoms with Crippen molar-refractivity contribution in [2.75, 3.05) is 7.05 Å². The van der Waals surface area contributed by atoms with Gasteiger partial charge >= 0.3 is 0 Å². The molecule has 2 N–H and O–H groups in total. The van der Waals surface area contributed by atoms with Crippen LogP contribution in [0.4, 0.5) is 4.39 Å². The van der Waals surface area contributed by atoms with E-state index in [1.807, 2.05) is 17.5 Å². The molecule has 114 valence electrons. The van der Waals surface area contributed by atoms with E-state index in [0.717, 1.165) is 4.88 Å². The van der Waals surface area contributed by atoms with E-state index in [-0.39, 0.29) is 17.5 Å². The zero-order chi connectivity index (χ0) is 15.5. The molecule has 0 aliphatic carbocycles. The highest BCUT2D eigenvalue weighted by Crippen LogP contribution is 2.22. The van der Waals surface area contributed by atoms with Crippen molar-refractivity contribution in [3.63, 3.8) is 0 Å². The molecule has 0 saturated heterocycles. The summed E-state index contributed by atoms with van der Waals surface area (Å²) in [5.41, 5.74) is 0.323. The van der Waals surface area contributed by atoms with Crippen LogP contribution in [0, 0.1) is 5.82 Å². The molecule has 1 unspecified atom stereocenters. The Morgan fingerprint density at radius 2 is 2.10 bits per heavy atom. The smallest absolute Gasteiger partial charge is 0.241 e. The lowest BCUT2D eigenvalue weighted by Gasteiger charge is -2.13. The molecule has 0 bridgehead atoms. The predicted molar refractivity (Wildman–Crippen MR) is 82.2 cm³/mol. The van der Waals surface area contributed by atoms with Crippen LogP contribution in [0.3, 0.4) is 0 Å². The number of nitrogens with one attached hydrogen (secondary N) is 2. The third-order valence-corrected chi connectivity index (χ3v) is 5.59. The van der Waals surface area contributed by atoms with Crippen LogP contribution >= 0.6 is 11.3 Å². The van der Waals surface area contributed by atoms with Gasteiger partial charge in [0.05, 0.1) is 10.9 Å². The lowest BCUT2D eigenvalue weighted by molar-refractivity contribution is 0.566. The van der Waals surface area contributed by atoms with Crippen molar-refractivity contribution in [2.45, 2.75) is 24.4 Å². The second kappa shape index (κ2) is 6.65. The van der Waals surface area contributed by atoms with E-state index < -0.39 is 15.8 Å². The van der Waals surface area contributed by atoms with Gasteiger partial charge in [0.15, 0.2) is 0 Å². The second-order valence-corrected chi connectivity index (χ2v) is 7.34. The zero-order valence-corrected chi connectivity index (χ0v) is 13.4. The molecule has 2 rings (SSSR count). The van der Waals surface area contributed by atoms with Crippen LogP contribution in [0.2, 0.25) is 0 Å². The number of halogens is 1. The summed E-state index contributed by atoms with van der Waals surface area (Å²) in [6.45, 7) is 2.05. The summed E-state index contributed by atoms with van der Waals surface area (Å²) >= 11 is 1.48. The molecule has 0 radical (unpaired) electrons. The van der Waals surface area contributed by atoms with Gasteiger partial charge in [-0.15, -0.1) is 11.3 Å². The number of rotatable bonds is 6. The Bertz CT molecular complexity index is 700. The van der Waals surface area contributed by atoms with Gasteiger partial charge in [-0.25, -0.2) is 17.5 Å². The van der Waals surface area contributed by atoms with Crippen molar-refractivity contribution in [1.29, 1.82) is 0 Å². The summed E-state index contributed by atoms with van der Waals surface area (Å²) in [7, 11) is -2.00. The fourth-order valence-electron chi connectivity index (χ4n) is 1.94. The Hall–Kier alpha value is -1.28. The van der Waals surface area contributed by atoms with Crippen LogP contribution in [0.25, 0.3) is 0 Å². The maximum atomic E-state index is 13.6. The predicted octanol–water partition coefficient (Wildman–Crippen LogP) is 2.65. The third kappa shape index (κ3) is 3.88. The summed E-state index contributed by atoms with van der Waals surface area (Å²) in [6.07, 6.45) is 0. The fourth-order valence-corrected chi connectivity index (χ4v) is 4.02. The van der Waals surface area contributed by atoms with E-state index in [4.69, 9.17) is 0 Å². The van der Waals surface area contributed by atoms with Crippen LogP contribution in [0.15, 0.2) is 40.6 Å². The van der Waals surface area contributed by atoms with E-state index in [2.05, 4.69) is 10.0 Å². The van der Waals surface area contributed by atoms with Gasteiger partial charge in [0.1, 0.15) is 5.82 Å². The van der Waals surface area contributed by atoms with E-state index in [1.54, 1.807) is 14.0 Å². The van der Waals surface area contributed by atoms with Gasteiger partial charge in [0.2, 0.25) is 10.0 Å². The van der Waals surface area contributed by atoms with E-state index in [1.165, 1.54) is 29.5 Å². The van der Waals surface area contributed by atoms with Crippen LogP contribution in [-0.4, -0.2) is 15.5 Å². The number of hydrogen-bond donors (Lipinski definition) is 2. The molecule has 0 spiro atoms. The summed E-state index contributed by atoms with van der Waals surface area (Å²) in [6, 6.07) is 7.22. The monoisotopic (exact) mass is 328 g/mol. The Kier molecular flexibility index (Phi) is 5.10. The van der Waals surface area contributed by atoms with Crippen molar-refractivity contribution >= 4 is 21.4 Å². The summed E-state index contributed by atoms with van der Waals surface area (Å²) < 4.78 is 40.9. The SMILES string of the molecule is CNCc1cc(S(=O)(=O)NC(C)c2cccs2)ccc1F. The van der Waals surface area contributed by atoms with Crippen molar-refractivity contribution < 1.29 is 12.8 Å². The van der Waals surface area contributed by atoms with Gasteiger partial charge < -0.3 is 5.32 Å². The molecule has 0 fully saturated rings. The molecule has 21 heavy (non-hydrogen) atoms. The van der Waals surface area contributed by atoms with E-state index in [9.17, 15) is 12.8 Å². The molecule has 1 aromatic heterocycles. The van der Waals surface area contributed by atoms with Gasteiger partial charge in [0, 0.05) is 17.0 Å². The minimum absolute atomic E-state index is 0.0672. The topological polar surface area (TPSA) is 58.2 Å².